The second kappa shape index (κ2) is 27.5. The van der Waals surface area contributed by atoms with Gasteiger partial charge in [-0.1, -0.05) is 150 Å². The summed E-state index contributed by atoms with van der Waals surface area (Å²) in [5.41, 5.74) is 0. The van der Waals surface area contributed by atoms with Gasteiger partial charge in [-0.25, -0.2) is 0 Å². The van der Waals surface area contributed by atoms with E-state index < -0.39 is 5.97 Å². The van der Waals surface area contributed by atoms with Gasteiger partial charge in [0.15, 0.2) is 0 Å². The van der Waals surface area contributed by atoms with Crippen LogP contribution in [0.2, 0.25) is 0 Å². The van der Waals surface area contributed by atoms with Crippen molar-refractivity contribution in [1.82, 2.24) is 5.32 Å². The molecule has 0 radical (unpaired) electrons. The molecule has 0 spiro atoms. The van der Waals surface area contributed by atoms with Crippen LogP contribution in [-0.2, 0) is 14.3 Å². The summed E-state index contributed by atoms with van der Waals surface area (Å²) >= 11 is 0. The second-order valence-electron chi connectivity index (χ2n) is 12.4. The zero-order valence-corrected chi connectivity index (χ0v) is 25.9. The van der Waals surface area contributed by atoms with Crippen molar-refractivity contribution in [2.75, 3.05) is 13.2 Å². The Morgan fingerprint density at radius 1 is 0.579 bits per heavy atom. The molecule has 0 aliphatic carbocycles. The van der Waals surface area contributed by atoms with Gasteiger partial charge in [-0.15, -0.1) is 0 Å². The summed E-state index contributed by atoms with van der Waals surface area (Å²) in [4.78, 5) is 22.9. The molecule has 1 atom stereocenters. The summed E-state index contributed by atoms with van der Waals surface area (Å²) in [6.45, 7) is 9.59. The van der Waals surface area contributed by atoms with Crippen LogP contribution in [0.5, 0.6) is 0 Å². The van der Waals surface area contributed by atoms with Crippen LogP contribution in [0.1, 0.15) is 169 Å². The van der Waals surface area contributed by atoms with Crippen molar-refractivity contribution in [3.05, 3.63) is 0 Å². The number of nitrogens with one attached hydrogen (secondary N) is 1. The molecule has 0 saturated carbocycles. The largest absolute Gasteiger partial charge is 0.480 e. The van der Waals surface area contributed by atoms with Crippen LogP contribution in [0.15, 0.2) is 0 Å². The summed E-state index contributed by atoms with van der Waals surface area (Å²) in [7, 11) is 0. The third-order valence-corrected chi connectivity index (χ3v) is 7.44. The Bertz CT molecular complexity index is 535. The fourth-order valence-electron chi connectivity index (χ4n) is 5.00. The first-order chi connectivity index (χ1) is 18.3. The van der Waals surface area contributed by atoms with Crippen LogP contribution >= 0.6 is 0 Å². The van der Waals surface area contributed by atoms with Crippen molar-refractivity contribution in [3.8, 4) is 0 Å². The number of unbranched alkanes of at least 4 members (excludes halogenated alkanes) is 16. The fourth-order valence-corrected chi connectivity index (χ4v) is 5.00. The number of carbonyl (C=O) groups is 2. The Hall–Kier alpha value is -1.10. The molecule has 5 nitrogen and oxygen atoms in total. The number of hydrogen-bond acceptors (Lipinski definition) is 3. The third kappa shape index (κ3) is 29.5. The van der Waals surface area contributed by atoms with Gasteiger partial charge in [-0.3, -0.25) is 9.59 Å². The molecule has 0 aromatic rings. The Balaban J connectivity index is 3.91. The van der Waals surface area contributed by atoms with Crippen LogP contribution in [-0.4, -0.2) is 36.2 Å². The van der Waals surface area contributed by atoms with E-state index in [1.165, 1.54) is 116 Å². The lowest BCUT2D eigenvalue weighted by Gasteiger charge is -2.18. The van der Waals surface area contributed by atoms with E-state index in [4.69, 9.17) is 9.84 Å². The predicted octanol–water partition coefficient (Wildman–Crippen LogP) is 9.47. The van der Waals surface area contributed by atoms with Crippen molar-refractivity contribution in [2.45, 2.75) is 175 Å². The van der Waals surface area contributed by atoms with E-state index in [-0.39, 0.29) is 25.0 Å². The van der Waals surface area contributed by atoms with Gasteiger partial charge in [0.1, 0.15) is 6.54 Å². The van der Waals surface area contributed by atoms with Crippen LogP contribution in [0, 0.1) is 11.8 Å². The molecule has 1 amide bonds. The number of aliphatic carboxylic acids is 1. The Kier molecular flexibility index (Phi) is 26.7. The molecule has 226 valence electrons. The van der Waals surface area contributed by atoms with E-state index in [0.717, 1.165) is 31.1 Å². The molecule has 0 aliphatic heterocycles. The summed E-state index contributed by atoms with van der Waals surface area (Å²) in [5, 5.41) is 11.3. The van der Waals surface area contributed by atoms with Crippen LogP contribution < -0.4 is 5.32 Å². The summed E-state index contributed by atoms with van der Waals surface area (Å²) < 4.78 is 6.10. The van der Waals surface area contributed by atoms with Gasteiger partial charge >= 0.3 is 5.97 Å². The lowest BCUT2D eigenvalue weighted by atomic mass is 10.0. The van der Waals surface area contributed by atoms with Gasteiger partial charge < -0.3 is 15.2 Å². The highest BCUT2D eigenvalue weighted by molar-refractivity contribution is 5.81. The number of hydrogen-bond donors (Lipinski definition) is 2. The van der Waals surface area contributed by atoms with Crippen LogP contribution in [0.3, 0.4) is 0 Å². The normalized spacial score (nSPS) is 12.4. The van der Waals surface area contributed by atoms with E-state index in [9.17, 15) is 9.59 Å². The number of amides is 1. The highest BCUT2D eigenvalue weighted by atomic mass is 16.5. The second-order valence-corrected chi connectivity index (χ2v) is 12.4. The van der Waals surface area contributed by atoms with Gasteiger partial charge in [-0.05, 0) is 24.7 Å². The van der Waals surface area contributed by atoms with E-state index in [1.54, 1.807) is 0 Å². The SMILES string of the molecule is CC(C)CCCCCCCCCCCOC(CCCCCCCCCCCC(C)C)CC(=O)NCC(=O)O. The number of carbonyl (C=O) groups excluding carboxylic acids is 1. The fraction of sp³-hybridized carbons (Fsp3) is 0.939. The summed E-state index contributed by atoms with van der Waals surface area (Å²) in [6, 6.07) is 0. The molecule has 0 heterocycles. The van der Waals surface area contributed by atoms with Gasteiger partial charge in [-0.2, -0.15) is 0 Å². The van der Waals surface area contributed by atoms with Crippen LogP contribution in [0.4, 0.5) is 0 Å². The molecule has 0 aromatic heterocycles. The summed E-state index contributed by atoms with van der Waals surface area (Å²) in [5.74, 6) is 0.435. The molecule has 0 fully saturated rings. The summed E-state index contributed by atoms with van der Waals surface area (Å²) in [6.07, 6.45) is 27.0. The first-order valence-corrected chi connectivity index (χ1v) is 16.4. The van der Waals surface area contributed by atoms with E-state index in [1.807, 2.05) is 0 Å². The van der Waals surface area contributed by atoms with Crippen molar-refractivity contribution in [3.63, 3.8) is 0 Å². The molecule has 5 heteroatoms. The molecule has 1 unspecified atom stereocenters. The molecule has 0 bridgehead atoms. The Labute approximate surface area is 236 Å². The van der Waals surface area contributed by atoms with Gasteiger partial charge in [0.2, 0.25) is 5.91 Å². The van der Waals surface area contributed by atoms with Gasteiger partial charge in [0.25, 0.3) is 0 Å². The topological polar surface area (TPSA) is 75.6 Å². The predicted molar refractivity (Wildman–Crippen MR) is 162 cm³/mol. The zero-order valence-electron chi connectivity index (χ0n) is 25.9. The Morgan fingerprint density at radius 3 is 1.34 bits per heavy atom. The lowest BCUT2D eigenvalue weighted by Crippen LogP contribution is -2.32. The standard InChI is InChI=1S/C33H65NO4/c1-29(2)23-19-15-11-7-5-9-13-17-21-25-31(27-32(35)34-28-33(36)37)38-26-22-18-14-10-6-8-12-16-20-24-30(3)4/h29-31H,5-28H2,1-4H3,(H,34,35)(H,36,37). The molecule has 2 N–H and O–H groups in total. The monoisotopic (exact) mass is 539 g/mol. The lowest BCUT2D eigenvalue weighted by molar-refractivity contribution is -0.138. The maximum Gasteiger partial charge on any atom is 0.322 e. The highest BCUT2D eigenvalue weighted by Gasteiger charge is 2.15. The maximum atomic E-state index is 12.2. The third-order valence-electron chi connectivity index (χ3n) is 7.44. The Morgan fingerprint density at radius 2 is 0.947 bits per heavy atom. The molecule has 0 aliphatic rings. The minimum Gasteiger partial charge on any atom is -0.480 e. The van der Waals surface area contributed by atoms with Crippen LogP contribution in [0.25, 0.3) is 0 Å². The maximum absolute atomic E-state index is 12.2. The van der Waals surface area contributed by atoms with E-state index in [2.05, 4.69) is 33.0 Å². The van der Waals surface area contributed by atoms with Gasteiger partial charge in [0, 0.05) is 6.61 Å². The quantitative estimate of drug-likeness (QED) is 0.0928. The van der Waals surface area contributed by atoms with E-state index >= 15 is 0 Å². The molecule has 38 heavy (non-hydrogen) atoms. The number of ether oxygens (including phenoxy) is 1. The van der Waals surface area contributed by atoms with Crippen molar-refractivity contribution in [2.24, 2.45) is 11.8 Å². The average Bonchev–Trinajstić information content (AvgIpc) is 2.86. The zero-order chi connectivity index (χ0) is 28.3. The molecule has 0 saturated heterocycles. The highest BCUT2D eigenvalue weighted by Crippen LogP contribution is 2.17. The number of carboxylic acid groups (broad SMARTS) is 1. The minimum atomic E-state index is -1.01. The van der Waals surface area contributed by atoms with Crippen molar-refractivity contribution in [1.29, 1.82) is 0 Å². The van der Waals surface area contributed by atoms with E-state index in [0.29, 0.717) is 6.61 Å². The van der Waals surface area contributed by atoms with Crippen molar-refractivity contribution >= 4 is 11.9 Å². The minimum absolute atomic E-state index is 0.101. The first-order valence-electron chi connectivity index (χ1n) is 16.4. The number of rotatable bonds is 29. The molecule has 0 rings (SSSR count). The molecule has 0 aromatic carbocycles. The van der Waals surface area contributed by atoms with Gasteiger partial charge in [0.05, 0.1) is 12.5 Å². The van der Waals surface area contributed by atoms with Crippen molar-refractivity contribution < 1.29 is 19.4 Å². The molecular formula is C33H65NO4. The average molecular weight is 540 g/mol. The first kappa shape index (κ1) is 36.9. The molecular weight excluding hydrogens is 474 g/mol. The number of carboxylic acids is 1. The smallest absolute Gasteiger partial charge is 0.322 e.